The van der Waals surface area contributed by atoms with Gasteiger partial charge in [0.25, 0.3) is 0 Å². The van der Waals surface area contributed by atoms with E-state index in [1.807, 2.05) is 12.1 Å². The lowest BCUT2D eigenvalue weighted by Gasteiger charge is -2.31. The molecule has 1 fully saturated rings. The summed E-state index contributed by atoms with van der Waals surface area (Å²) in [6, 6.07) is 5.85. The number of hydrogen-bond acceptors (Lipinski definition) is 1. The van der Waals surface area contributed by atoms with Gasteiger partial charge in [0.15, 0.2) is 0 Å². The minimum Gasteiger partial charge on any atom is -0.298 e. The van der Waals surface area contributed by atoms with Gasteiger partial charge in [-0.15, -0.1) is 0 Å². The Morgan fingerprint density at radius 2 is 1.94 bits per heavy atom. The molecule has 0 aromatic heterocycles. The minimum atomic E-state index is 0.244. The van der Waals surface area contributed by atoms with Crippen molar-refractivity contribution in [1.29, 1.82) is 0 Å². The third-order valence-corrected chi connectivity index (χ3v) is 4.10. The second-order valence-electron chi connectivity index (χ2n) is 5.77. The van der Waals surface area contributed by atoms with Crippen molar-refractivity contribution in [3.8, 4) is 0 Å². The fraction of sp³-hybridized carbons (Fsp3) is 0.571. The normalized spacial score (nSPS) is 22.1. The van der Waals surface area contributed by atoms with Gasteiger partial charge in [-0.2, -0.15) is 0 Å². The van der Waals surface area contributed by atoms with Gasteiger partial charge in [0.1, 0.15) is 0 Å². The second kappa shape index (κ2) is 4.79. The molecule has 1 heterocycles. The van der Waals surface area contributed by atoms with E-state index in [0.717, 1.165) is 18.1 Å². The number of likely N-dealkylation sites (tertiary alicyclic amines) is 1. The van der Waals surface area contributed by atoms with E-state index in [0.29, 0.717) is 10.9 Å². The SMILES string of the molecule is CC(C)(C)N1CCC(c2ccc(Cl)cc2Cl)C1. The highest BCUT2D eigenvalue weighted by Gasteiger charge is 2.31. The zero-order valence-electron chi connectivity index (χ0n) is 10.6. The van der Waals surface area contributed by atoms with E-state index < -0.39 is 0 Å². The summed E-state index contributed by atoms with van der Waals surface area (Å²) in [6.45, 7) is 9.02. The van der Waals surface area contributed by atoms with Crippen molar-refractivity contribution in [2.75, 3.05) is 13.1 Å². The first-order valence-corrected chi connectivity index (χ1v) is 6.83. The van der Waals surface area contributed by atoms with Crippen molar-refractivity contribution in [3.05, 3.63) is 33.8 Å². The Kier molecular flexibility index (Phi) is 3.72. The van der Waals surface area contributed by atoms with Crippen LogP contribution in [0.4, 0.5) is 0 Å². The van der Waals surface area contributed by atoms with Gasteiger partial charge in [-0.3, -0.25) is 4.90 Å². The molecule has 0 saturated carbocycles. The van der Waals surface area contributed by atoms with Crippen LogP contribution in [0.25, 0.3) is 0 Å². The van der Waals surface area contributed by atoms with Gasteiger partial charge in [0, 0.05) is 22.1 Å². The Morgan fingerprint density at radius 3 is 2.47 bits per heavy atom. The third-order valence-electron chi connectivity index (χ3n) is 3.54. The molecule has 94 valence electrons. The van der Waals surface area contributed by atoms with Gasteiger partial charge in [-0.25, -0.2) is 0 Å². The van der Waals surface area contributed by atoms with E-state index in [-0.39, 0.29) is 5.54 Å². The molecule has 1 aromatic rings. The van der Waals surface area contributed by atoms with Gasteiger partial charge in [0.2, 0.25) is 0 Å². The molecule has 1 aliphatic rings. The predicted octanol–water partition coefficient (Wildman–Crippen LogP) is 4.58. The molecule has 3 heteroatoms. The number of benzene rings is 1. The molecule has 1 saturated heterocycles. The van der Waals surface area contributed by atoms with Crippen molar-refractivity contribution in [2.45, 2.75) is 38.6 Å². The number of halogens is 2. The summed E-state index contributed by atoms with van der Waals surface area (Å²) >= 11 is 12.2. The van der Waals surface area contributed by atoms with E-state index in [1.165, 1.54) is 12.0 Å². The molecule has 1 unspecified atom stereocenters. The van der Waals surface area contributed by atoms with Gasteiger partial charge in [-0.1, -0.05) is 29.3 Å². The Balaban J connectivity index is 2.15. The average molecular weight is 272 g/mol. The van der Waals surface area contributed by atoms with Crippen LogP contribution in [0.3, 0.4) is 0 Å². The van der Waals surface area contributed by atoms with Crippen LogP contribution in [0.15, 0.2) is 18.2 Å². The number of rotatable bonds is 1. The van der Waals surface area contributed by atoms with E-state index >= 15 is 0 Å². The van der Waals surface area contributed by atoms with Crippen LogP contribution in [-0.2, 0) is 0 Å². The maximum Gasteiger partial charge on any atom is 0.0456 e. The fourth-order valence-electron chi connectivity index (χ4n) is 2.46. The van der Waals surface area contributed by atoms with Crippen molar-refractivity contribution in [2.24, 2.45) is 0 Å². The van der Waals surface area contributed by atoms with E-state index in [4.69, 9.17) is 23.2 Å². The highest BCUT2D eigenvalue weighted by atomic mass is 35.5. The zero-order valence-corrected chi connectivity index (χ0v) is 12.1. The third kappa shape index (κ3) is 2.96. The van der Waals surface area contributed by atoms with Crippen LogP contribution >= 0.6 is 23.2 Å². The van der Waals surface area contributed by atoms with Crippen molar-refractivity contribution >= 4 is 23.2 Å². The Morgan fingerprint density at radius 1 is 1.24 bits per heavy atom. The molecule has 0 spiro atoms. The second-order valence-corrected chi connectivity index (χ2v) is 6.61. The molecule has 0 N–H and O–H groups in total. The van der Waals surface area contributed by atoms with Crippen LogP contribution < -0.4 is 0 Å². The van der Waals surface area contributed by atoms with Crippen LogP contribution in [0.5, 0.6) is 0 Å². The molecular formula is C14H19Cl2N. The number of nitrogens with zero attached hydrogens (tertiary/aromatic N) is 1. The first kappa shape index (κ1) is 13.2. The minimum absolute atomic E-state index is 0.244. The summed E-state index contributed by atoms with van der Waals surface area (Å²) < 4.78 is 0. The monoisotopic (exact) mass is 271 g/mol. The van der Waals surface area contributed by atoms with Crippen LogP contribution in [0, 0.1) is 0 Å². The van der Waals surface area contributed by atoms with Gasteiger partial charge >= 0.3 is 0 Å². The first-order valence-electron chi connectivity index (χ1n) is 6.08. The molecule has 1 aliphatic heterocycles. The topological polar surface area (TPSA) is 3.24 Å². The molecule has 1 atom stereocenters. The standard InChI is InChI=1S/C14H19Cl2N/c1-14(2,3)17-7-6-10(9-17)12-5-4-11(15)8-13(12)16/h4-5,8,10H,6-7,9H2,1-3H3. The first-order chi connectivity index (χ1) is 7.88. The van der Waals surface area contributed by atoms with Crippen molar-refractivity contribution in [1.82, 2.24) is 4.90 Å². The molecule has 0 aliphatic carbocycles. The van der Waals surface area contributed by atoms with Crippen LogP contribution in [0.1, 0.15) is 38.7 Å². The molecule has 0 radical (unpaired) electrons. The lowest BCUT2D eigenvalue weighted by Crippen LogP contribution is -2.39. The smallest absolute Gasteiger partial charge is 0.0456 e. The molecule has 17 heavy (non-hydrogen) atoms. The summed E-state index contributed by atoms with van der Waals surface area (Å²) in [6.07, 6.45) is 1.18. The van der Waals surface area contributed by atoms with Gasteiger partial charge in [0.05, 0.1) is 0 Å². The highest BCUT2D eigenvalue weighted by Crippen LogP contribution is 2.35. The lowest BCUT2D eigenvalue weighted by atomic mass is 9.98. The maximum atomic E-state index is 6.27. The average Bonchev–Trinajstić information content (AvgIpc) is 2.65. The maximum absolute atomic E-state index is 6.27. The van der Waals surface area contributed by atoms with Crippen LogP contribution in [0.2, 0.25) is 10.0 Å². The Labute approximate surface area is 114 Å². The molecule has 2 rings (SSSR count). The lowest BCUT2D eigenvalue weighted by molar-refractivity contribution is 0.173. The Bertz CT molecular complexity index is 409. The molecule has 0 amide bonds. The molecular weight excluding hydrogens is 253 g/mol. The number of hydrogen-bond donors (Lipinski definition) is 0. The predicted molar refractivity (Wildman–Crippen MR) is 75.1 cm³/mol. The summed E-state index contributed by atoms with van der Waals surface area (Å²) in [4.78, 5) is 2.52. The fourth-order valence-corrected chi connectivity index (χ4v) is 3.02. The van der Waals surface area contributed by atoms with Crippen molar-refractivity contribution < 1.29 is 0 Å². The van der Waals surface area contributed by atoms with E-state index in [1.54, 1.807) is 0 Å². The van der Waals surface area contributed by atoms with Gasteiger partial charge < -0.3 is 0 Å². The quantitative estimate of drug-likeness (QED) is 0.723. The van der Waals surface area contributed by atoms with Crippen LogP contribution in [-0.4, -0.2) is 23.5 Å². The summed E-state index contributed by atoms with van der Waals surface area (Å²) in [7, 11) is 0. The largest absolute Gasteiger partial charge is 0.298 e. The molecule has 0 bridgehead atoms. The van der Waals surface area contributed by atoms with Gasteiger partial charge in [-0.05, 0) is 57.4 Å². The summed E-state index contributed by atoms with van der Waals surface area (Å²) in [5.74, 6) is 0.541. The zero-order chi connectivity index (χ0) is 12.6. The van der Waals surface area contributed by atoms with E-state index in [2.05, 4.69) is 31.7 Å². The molecule has 1 nitrogen and oxygen atoms in total. The summed E-state index contributed by atoms with van der Waals surface area (Å²) in [5.41, 5.74) is 1.48. The summed E-state index contributed by atoms with van der Waals surface area (Å²) in [5, 5.41) is 1.52. The van der Waals surface area contributed by atoms with Crippen molar-refractivity contribution in [3.63, 3.8) is 0 Å². The van der Waals surface area contributed by atoms with E-state index in [9.17, 15) is 0 Å². The molecule has 1 aromatic carbocycles. The highest BCUT2D eigenvalue weighted by molar-refractivity contribution is 6.35. The Hall–Kier alpha value is -0.240.